The lowest BCUT2D eigenvalue weighted by atomic mass is 10.5. The molecule has 0 heterocycles. The van der Waals surface area contributed by atoms with Gasteiger partial charge in [-0.25, -0.2) is 8.93 Å². The van der Waals surface area contributed by atoms with Crippen molar-refractivity contribution >= 4 is 15.4 Å². The lowest BCUT2D eigenvalue weighted by molar-refractivity contribution is 0.543. The van der Waals surface area contributed by atoms with Crippen molar-refractivity contribution in [1.82, 2.24) is 4.72 Å². The van der Waals surface area contributed by atoms with Gasteiger partial charge in [0, 0.05) is 11.9 Å². The Morgan fingerprint density at radius 2 is 2.33 bits per heavy atom. The highest BCUT2D eigenvalue weighted by Gasteiger charge is 1.93. The lowest BCUT2D eigenvalue weighted by Crippen LogP contribution is -2.24. The van der Waals surface area contributed by atoms with E-state index in [0.29, 0.717) is 6.54 Å². The fraction of sp³-hybridized carbons (Fsp3) is 0.800. The van der Waals surface area contributed by atoms with Crippen LogP contribution in [0.1, 0.15) is 20.3 Å². The van der Waals surface area contributed by atoms with Crippen LogP contribution in [0.5, 0.6) is 0 Å². The van der Waals surface area contributed by atoms with E-state index in [2.05, 4.69) is 4.72 Å². The Balaban J connectivity index is 3.76. The first-order valence-corrected chi connectivity index (χ1v) is 4.51. The summed E-state index contributed by atoms with van der Waals surface area (Å²) >= 11 is 0. The van der Waals surface area contributed by atoms with Gasteiger partial charge >= 0.3 is 0 Å². The van der Waals surface area contributed by atoms with Gasteiger partial charge in [-0.15, -0.1) is 0 Å². The molecule has 0 aromatic heterocycles. The molecule has 1 unspecified atom stereocenters. The summed E-state index contributed by atoms with van der Waals surface area (Å²) in [7, 11) is -2.81. The van der Waals surface area contributed by atoms with Crippen LogP contribution in [0.4, 0.5) is 0 Å². The smallest absolute Gasteiger partial charge is 0.141 e. The molecule has 0 amide bonds. The third kappa shape index (κ3) is 4.44. The molecule has 0 aliphatic rings. The molecule has 0 aromatic carbocycles. The highest BCUT2D eigenvalue weighted by molar-refractivity contribution is 7.94. The van der Waals surface area contributed by atoms with Crippen LogP contribution in [0.25, 0.3) is 0 Å². The maximum absolute atomic E-state index is 10.7. The molecule has 0 aromatic rings. The molecule has 3 nitrogen and oxygen atoms in total. The van der Waals surface area contributed by atoms with Gasteiger partial charge < -0.3 is 4.55 Å². The van der Waals surface area contributed by atoms with Gasteiger partial charge in [-0.05, 0) is 13.3 Å². The quantitative estimate of drug-likeness (QED) is 0.576. The predicted molar refractivity (Wildman–Crippen MR) is 40.8 cm³/mol. The first kappa shape index (κ1) is 8.94. The Morgan fingerprint density at radius 1 is 1.78 bits per heavy atom. The van der Waals surface area contributed by atoms with Gasteiger partial charge in [0.15, 0.2) is 0 Å². The van der Waals surface area contributed by atoms with E-state index in [-0.39, 0.29) is 0 Å². The topological polar surface area (TPSA) is 49.3 Å². The monoisotopic (exact) mass is 151 g/mol. The van der Waals surface area contributed by atoms with Crippen molar-refractivity contribution in [1.29, 1.82) is 0 Å². The summed E-state index contributed by atoms with van der Waals surface area (Å²) in [5, 5.41) is 1.27. The van der Waals surface area contributed by atoms with Gasteiger partial charge in [-0.3, -0.25) is 0 Å². The highest BCUT2D eigenvalue weighted by atomic mass is 32.2. The minimum Gasteiger partial charge on any atom is -0.302 e. The molecule has 0 aliphatic heterocycles. The third-order valence-corrected chi connectivity index (χ3v) is 2.14. The second kappa shape index (κ2) is 3.87. The van der Waals surface area contributed by atoms with E-state index in [1.54, 1.807) is 6.92 Å². The Morgan fingerprint density at radius 3 is 2.67 bits per heavy atom. The molecule has 4 heteroatoms. The highest BCUT2D eigenvalue weighted by Crippen LogP contribution is 1.77. The van der Waals surface area contributed by atoms with Crippen LogP contribution in [0.3, 0.4) is 0 Å². The van der Waals surface area contributed by atoms with Gasteiger partial charge in [0.25, 0.3) is 0 Å². The van der Waals surface area contributed by atoms with Gasteiger partial charge in [0.1, 0.15) is 9.99 Å². The van der Waals surface area contributed by atoms with Crippen molar-refractivity contribution < 1.29 is 8.76 Å². The Labute approximate surface area is 56.4 Å². The number of rotatable bonds is 3. The molecule has 0 spiro atoms. The van der Waals surface area contributed by atoms with Crippen LogP contribution < -0.4 is 4.72 Å². The second-order valence-corrected chi connectivity index (χ2v) is 3.60. The van der Waals surface area contributed by atoms with E-state index in [1.165, 1.54) is 5.37 Å². The van der Waals surface area contributed by atoms with Crippen molar-refractivity contribution in [2.75, 3.05) is 6.54 Å². The minimum atomic E-state index is -2.81. The Hall–Kier alpha value is -0.0600. The predicted octanol–water partition coefficient (Wildman–Crippen LogP) is 0.480. The molecule has 0 saturated heterocycles. The summed E-state index contributed by atoms with van der Waals surface area (Å²) < 4.78 is 22.0. The molecule has 0 radical (unpaired) electrons. The van der Waals surface area contributed by atoms with Gasteiger partial charge in [0.2, 0.25) is 0 Å². The van der Waals surface area contributed by atoms with Crippen LogP contribution in [0.2, 0.25) is 0 Å². The van der Waals surface area contributed by atoms with E-state index in [9.17, 15) is 4.21 Å². The molecule has 0 rings (SSSR count). The van der Waals surface area contributed by atoms with Gasteiger partial charge in [-0.2, -0.15) is 0 Å². The van der Waals surface area contributed by atoms with Crippen LogP contribution in [0, 0.1) is 0 Å². The SMILES string of the molecule is CC=S(=O)(O)NCCC. The zero-order valence-electron chi connectivity index (χ0n) is 5.76. The van der Waals surface area contributed by atoms with Gasteiger partial charge in [0.05, 0.1) is 0 Å². The first-order chi connectivity index (χ1) is 4.12. The maximum atomic E-state index is 10.7. The average molecular weight is 151 g/mol. The fourth-order valence-electron chi connectivity index (χ4n) is 0.332. The normalized spacial score (nSPS) is 16.8. The van der Waals surface area contributed by atoms with Crippen molar-refractivity contribution in [3.05, 3.63) is 0 Å². The largest absolute Gasteiger partial charge is 0.302 e. The lowest BCUT2D eigenvalue weighted by Gasteiger charge is -2.01. The zero-order chi connectivity index (χ0) is 7.33. The number of nitrogens with one attached hydrogen (secondary N) is 1. The minimum absolute atomic E-state index is 0.583. The standard InChI is InChI=1S/C5H13NO2S/c1-3-5-6-9(7,8)4-2/h4H,3,5H2,1-2H3,(H2,6,7,8). The van der Waals surface area contributed by atoms with Crippen LogP contribution >= 0.6 is 0 Å². The van der Waals surface area contributed by atoms with Crippen LogP contribution in [-0.4, -0.2) is 20.7 Å². The zero-order valence-corrected chi connectivity index (χ0v) is 6.57. The maximum Gasteiger partial charge on any atom is 0.141 e. The summed E-state index contributed by atoms with van der Waals surface area (Å²) in [5.74, 6) is 0. The van der Waals surface area contributed by atoms with Crippen molar-refractivity contribution in [2.24, 2.45) is 0 Å². The van der Waals surface area contributed by atoms with E-state index in [4.69, 9.17) is 4.55 Å². The van der Waals surface area contributed by atoms with E-state index in [0.717, 1.165) is 6.42 Å². The molecule has 0 saturated carbocycles. The first-order valence-electron chi connectivity index (χ1n) is 2.93. The molecule has 1 atom stereocenters. The summed E-state index contributed by atoms with van der Waals surface area (Å²) in [5.41, 5.74) is 0. The molecule has 0 fully saturated rings. The molecule has 0 aliphatic carbocycles. The molecule has 0 bridgehead atoms. The van der Waals surface area contributed by atoms with Crippen molar-refractivity contribution in [3.8, 4) is 0 Å². The molecular weight excluding hydrogens is 138 g/mol. The number of hydrogen-bond acceptors (Lipinski definition) is 1. The number of hydrogen-bond donors (Lipinski definition) is 2. The summed E-state index contributed by atoms with van der Waals surface area (Å²) in [6, 6.07) is 0. The van der Waals surface area contributed by atoms with Crippen molar-refractivity contribution in [3.63, 3.8) is 0 Å². The fourth-order valence-corrected chi connectivity index (χ4v) is 0.995. The van der Waals surface area contributed by atoms with E-state index in [1.807, 2.05) is 6.92 Å². The van der Waals surface area contributed by atoms with Crippen LogP contribution in [0.15, 0.2) is 0 Å². The summed E-state index contributed by atoms with van der Waals surface area (Å²) in [6.45, 7) is 4.09. The molecular formula is C5H13NO2S. The second-order valence-electron chi connectivity index (χ2n) is 1.70. The third-order valence-electron chi connectivity index (χ3n) is 0.878. The van der Waals surface area contributed by atoms with E-state index >= 15 is 0 Å². The summed E-state index contributed by atoms with van der Waals surface area (Å²) in [4.78, 5) is 0. The Kier molecular flexibility index (Phi) is 3.84. The average Bonchev–Trinajstić information content (AvgIpc) is 1.84. The molecule has 2 N–H and O–H groups in total. The molecule has 9 heavy (non-hydrogen) atoms. The van der Waals surface area contributed by atoms with Crippen LogP contribution in [-0.2, 0) is 9.99 Å². The Bertz CT molecular complexity index is 170. The van der Waals surface area contributed by atoms with Gasteiger partial charge in [-0.1, -0.05) is 6.92 Å². The van der Waals surface area contributed by atoms with E-state index < -0.39 is 9.99 Å². The van der Waals surface area contributed by atoms with Crippen molar-refractivity contribution in [2.45, 2.75) is 20.3 Å². The molecule has 56 valence electrons. The summed E-state index contributed by atoms with van der Waals surface area (Å²) in [6.07, 6.45) is 0.866.